The molecule has 5 nitrogen and oxygen atoms in total. The molecule has 0 fully saturated rings. The van der Waals surface area contributed by atoms with Crippen molar-refractivity contribution in [3.8, 4) is 5.75 Å². The third-order valence-electron chi connectivity index (χ3n) is 3.07. The summed E-state index contributed by atoms with van der Waals surface area (Å²) >= 11 is 5.25. The number of aryl methyl sites for hydroxylation is 1. The Kier molecular flexibility index (Phi) is 4.95. The van der Waals surface area contributed by atoms with Gasteiger partial charge in [-0.15, -0.1) is 0 Å². The van der Waals surface area contributed by atoms with Crippen molar-refractivity contribution in [2.75, 3.05) is 17.7 Å². The minimum atomic E-state index is -0.950. The molecule has 6 heteroatoms. The van der Waals surface area contributed by atoms with Gasteiger partial charge in [0.15, 0.2) is 5.11 Å². The fourth-order valence-corrected chi connectivity index (χ4v) is 2.12. The van der Waals surface area contributed by atoms with Gasteiger partial charge in [0.25, 0.3) is 0 Å². The average molecular weight is 316 g/mol. The first-order valence-corrected chi connectivity index (χ1v) is 6.96. The van der Waals surface area contributed by atoms with Crippen molar-refractivity contribution in [1.29, 1.82) is 0 Å². The van der Waals surface area contributed by atoms with Crippen LogP contribution < -0.4 is 15.4 Å². The summed E-state index contributed by atoms with van der Waals surface area (Å²) in [5.74, 6) is -0.182. The molecule has 0 spiro atoms. The first-order valence-electron chi connectivity index (χ1n) is 6.55. The second kappa shape index (κ2) is 6.91. The molecule has 22 heavy (non-hydrogen) atoms. The van der Waals surface area contributed by atoms with Crippen LogP contribution in [0.2, 0.25) is 0 Å². The lowest BCUT2D eigenvalue weighted by Gasteiger charge is -2.13. The number of rotatable bonds is 4. The van der Waals surface area contributed by atoms with Gasteiger partial charge in [-0.3, -0.25) is 0 Å². The molecule has 0 saturated heterocycles. The molecule has 0 aliphatic heterocycles. The molecular weight excluding hydrogens is 300 g/mol. The van der Waals surface area contributed by atoms with Crippen molar-refractivity contribution in [2.45, 2.75) is 6.92 Å². The van der Waals surface area contributed by atoms with Gasteiger partial charge >= 0.3 is 5.97 Å². The number of hydrogen-bond acceptors (Lipinski definition) is 3. The van der Waals surface area contributed by atoms with Crippen molar-refractivity contribution in [2.24, 2.45) is 0 Å². The Morgan fingerprint density at radius 3 is 2.36 bits per heavy atom. The van der Waals surface area contributed by atoms with E-state index in [0.29, 0.717) is 5.11 Å². The summed E-state index contributed by atoms with van der Waals surface area (Å²) in [7, 11) is 1.61. The lowest BCUT2D eigenvalue weighted by Crippen LogP contribution is -2.19. The Balaban J connectivity index is 2.03. The van der Waals surface area contributed by atoms with Crippen LogP contribution in [0.25, 0.3) is 0 Å². The van der Waals surface area contributed by atoms with Crippen LogP contribution in [0.5, 0.6) is 5.75 Å². The van der Waals surface area contributed by atoms with Gasteiger partial charge in [-0.2, -0.15) is 0 Å². The number of carboxylic acids is 1. The Morgan fingerprint density at radius 2 is 1.82 bits per heavy atom. The standard InChI is InChI=1S/C16H16N2O3S/c1-10-9-11(15(19)20)3-8-14(10)18-16(22)17-12-4-6-13(21-2)7-5-12/h3-9H,1-2H3,(H,19,20)(H2,17,18,22). The molecule has 0 saturated carbocycles. The number of aromatic carboxylic acids is 1. The molecule has 0 aliphatic rings. The van der Waals surface area contributed by atoms with E-state index in [0.717, 1.165) is 22.7 Å². The molecule has 0 unspecified atom stereocenters. The molecule has 2 aromatic rings. The van der Waals surface area contributed by atoms with Crippen LogP contribution in [0.4, 0.5) is 11.4 Å². The maximum absolute atomic E-state index is 10.9. The number of hydrogen-bond donors (Lipinski definition) is 3. The van der Waals surface area contributed by atoms with Crippen LogP contribution in [0.15, 0.2) is 42.5 Å². The number of thiocarbonyl (C=S) groups is 1. The van der Waals surface area contributed by atoms with Crippen molar-refractivity contribution >= 4 is 34.7 Å². The predicted molar refractivity (Wildman–Crippen MR) is 91.0 cm³/mol. The number of anilines is 2. The summed E-state index contributed by atoms with van der Waals surface area (Å²) in [6.45, 7) is 1.82. The quantitative estimate of drug-likeness (QED) is 0.750. The van der Waals surface area contributed by atoms with Crippen LogP contribution in [0.3, 0.4) is 0 Å². The van der Waals surface area contributed by atoms with Gasteiger partial charge < -0.3 is 20.5 Å². The van der Waals surface area contributed by atoms with Gasteiger partial charge in [0, 0.05) is 11.4 Å². The van der Waals surface area contributed by atoms with Gasteiger partial charge in [-0.1, -0.05) is 0 Å². The smallest absolute Gasteiger partial charge is 0.335 e. The topological polar surface area (TPSA) is 70.6 Å². The van der Waals surface area contributed by atoms with Gasteiger partial charge in [-0.25, -0.2) is 4.79 Å². The zero-order chi connectivity index (χ0) is 16.1. The summed E-state index contributed by atoms with van der Waals surface area (Å²) in [4.78, 5) is 10.9. The number of methoxy groups -OCH3 is 1. The van der Waals surface area contributed by atoms with Crippen molar-refractivity contribution < 1.29 is 14.6 Å². The molecule has 0 amide bonds. The Labute approximate surface area is 133 Å². The highest BCUT2D eigenvalue weighted by atomic mass is 32.1. The minimum Gasteiger partial charge on any atom is -0.497 e. The average Bonchev–Trinajstić information content (AvgIpc) is 2.50. The molecule has 114 valence electrons. The van der Waals surface area contributed by atoms with E-state index in [2.05, 4.69) is 10.6 Å². The number of nitrogens with one attached hydrogen (secondary N) is 2. The largest absolute Gasteiger partial charge is 0.497 e. The molecule has 0 bridgehead atoms. The molecule has 0 aliphatic carbocycles. The van der Waals surface area contributed by atoms with Crippen molar-refractivity contribution in [3.63, 3.8) is 0 Å². The van der Waals surface area contributed by atoms with Crippen molar-refractivity contribution in [3.05, 3.63) is 53.6 Å². The second-order valence-electron chi connectivity index (χ2n) is 4.64. The molecular formula is C16H16N2O3S. The van der Waals surface area contributed by atoms with Gasteiger partial charge in [0.05, 0.1) is 12.7 Å². The number of ether oxygens (including phenoxy) is 1. The molecule has 0 atom stereocenters. The second-order valence-corrected chi connectivity index (χ2v) is 5.05. The lowest BCUT2D eigenvalue weighted by molar-refractivity contribution is 0.0697. The maximum atomic E-state index is 10.9. The SMILES string of the molecule is COc1ccc(NC(=S)Nc2ccc(C(=O)O)cc2C)cc1. The molecule has 3 N–H and O–H groups in total. The van der Waals surface area contributed by atoms with E-state index in [-0.39, 0.29) is 5.56 Å². The highest BCUT2D eigenvalue weighted by Gasteiger charge is 2.07. The summed E-state index contributed by atoms with van der Waals surface area (Å²) in [5, 5.41) is 15.5. The van der Waals surface area contributed by atoms with E-state index in [4.69, 9.17) is 22.1 Å². The van der Waals surface area contributed by atoms with Crippen LogP contribution in [-0.2, 0) is 0 Å². The van der Waals surface area contributed by atoms with Gasteiger partial charge in [0.2, 0.25) is 0 Å². The fraction of sp³-hybridized carbons (Fsp3) is 0.125. The predicted octanol–water partition coefficient (Wildman–Crippen LogP) is 3.51. The molecule has 0 aromatic heterocycles. The van der Waals surface area contributed by atoms with Crippen LogP contribution in [0.1, 0.15) is 15.9 Å². The van der Waals surface area contributed by atoms with E-state index in [1.807, 2.05) is 31.2 Å². The normalized spacial score (nSPS) is 9.91. The number of carboxylic acid groups (broad SMARTS) is 1. The van der Waals surface area contributed by atoms with E-state index in [1.165, 1.54) is 6.07 Å². The highest BCUT2D eigenvalue weighted by molar-refractivity contribution is 7.80. The van der Waals surface area contributed by atoms with Gasteiger partial charge in [-0.05, 0) is 67.2 Å². The fourth-order valence-electron chi connectivity index (χ4n) is 1.90. The van der Waals surface area contributed by atoms with Crippen LogP contribution in [0, 0.1) is 6.92 Å². The highest BCUT2D eigenvalue weighted by Crippen LogP contribution is 2.18. The Bertz CT molecular complexity index is 699. The lowest BCUT2D eigenvalue weighted by atomic mass is 10.1. The van der Waals surface area contributed by atoms with Crippen LogP contribution in [-0.4, -0.2) is 23.3 Å². The Hall–Kier alpha value is -2.60. The zero-order valence-corrected chi connectivity index (χ0v) is 13.0. The Morgan fingerprint density at radius 1 is 1.14 bits per heavy atom. The molecule has 2 aromatic carbocycles. The van der Waals surface area contributed by atoms with E-state index in [1.54, 1.807) is 19.2 Å². The molecule has 0 radical (unpaired) electrons. The molecule has 2 rings (SSSR count). The third kappa shape index (κ3) is 3.95. The summed E-state index contributed by atoms with van der Waals surface area (Å²) in [5.41, 5.74) is 2.64. The summed E-state index contributed by atoms with van der Waals surface area (Å²) in [6.07, 6.45) is 0. The number of benzene rings is 2. The van der Waals surface area contributed by atoms with Gasteiger partial charge in [0.1, 0.15) is 5.75 Å². The van der Waals surface area contributed by atoms with E-state index in [9.17, 15) is 4.79 Å². The molecule has 0 heterocycles. The first-order chi connectivity index (χ1) is 10.5. The first kappa shape index (κ1) is 15.8. The summed E-state index contributed by atoms with van der Waals surface area (Å²) in [6, 6.07) is 12.2. The number of carbonyl (C=O) groups is 1. The monoisotopic (exact) mass is 316 g/mol. The maximum Gasteiger partial charge on any atom is 0.335 e. The third-order valence-corrected chi connectivity index (χ3v) is 3.27. The summed E-state index contributed by atoms with van der Waals surface area (Å²) < 4.78 is 5.09. The zero-order valence-electron chi connectivity index (χ0n) is 12.2. The van der Waals surface area contributed by atoms with Crippen molar-refractivity contribution in [1.82, 2.24) is 0 Å². The van der Waals surface area contributed by atoms with E-state index >= 15 is 0 Å². The minimum absolute atomic E-state index is 0.247. The van der Waals surface area contributed by atoms with Crippen LogP contribution >= 0.6 is 12.2 Å². The van der Waals surface area contributed by atoms with E-state index < -0.39 is 5.97 Å².